The quantitative estimate of drug-likeness (QED) is 0.721. The predicted octanol–water partition coefficient (Wildman–Crippen LogP) is 1.86. The maximum absolute atomic E-state index is 11.1. The van der Waals surface area contributed by atoms with E-state index in [2.05, 4.69) is 11.2 Å². The number of terminal acetylenes is 1. The van der Waals surface area contributed by atoms with Crippen molar-refractivity contribution in [2.75, 3.05) is 6.54 Å². The first-order chi connectivity index (χ1) is 8.67. The number of aliphatic carboxylic acids is 1. The van der Waals surface area contributed by atoms with Gasteiger partial charge in [0.15, 0.2) is 0 Å². The second-order valence-electron chi connectivity index (χ2n) is 4.25. The van der Waals surface area contributed by atoms with Gasteiger partial charge >= 0.3 is 5.97 Å². The molecule has 0 amide bonds. The summed E-state index contributed by atoms with van der Waals surface area (Å²) in [6, 6.07) is 7.26. The molecule has 2 N–H and O–H groups in total. The minimum Gasteiger partial charge on any atom is -0.480 e. The average Bonchev–Trinajstić information content (AvgIpc) is 2.36. The summed E-state index contributed by atoms with van der Waals surface area (Å²) in [4.78, 5) is 11.1. The highest BCUT2D eigenvalue weighted by atomic mass is 16.4. The van der Waals surface area contributed by atoms with Crippen molar-refractivity contribution in [3.05, 3.63) is 35.4 Å². The molecule has 1 rings (SSSR count). The Morgan fingerprint density at radius 1 is 1.39 bits per heavy atom. The third kappa shape index (κ3) is 4.60. The van der Waals surface area contributed by atoms with Gasteiger partial charge in [0, 0.05) is 6.42 Å². The van der Waals surface area contributed by atoms with Gasteiger partial charge < -0.3 is 10.4 Å². The molecule has 0 aliphatic heterocycles. The van der Waals surface area contributed by atoms with Crippen molar-refractivity contribution in [3.63, 3.8) is 0 Å². The van der Waals surface area contributed by atoms with E-state index in [1.54, 1.807) is 0 Å². The molecule has 1 aromatic rings. The molecule has 0 saturated carbocycles. The van der Waals surface area contributed by atoms with Crippen LogP contribution in [0.2, 0.25) is 0 Å². The number of carboxylic acid groups (broad SMARTS) is 1. The predicted molar refractivity (Wildman–Crippen MR) is 72.4 cm³/mol. The summed E-state index contributed by atoms with van der Waals surface area (Å²) < 4.78 is 0. The molecule has 0 aliphatic carbocycles. The summed E-state index contributed by atoms with van der Waals surface area (Å²) in [6.07, 6.45) is 7.26. The van der Waals surface area contributed by atoms with E-state index < -0.39 is 12.0 Å². The zero-order valence-electron chi connectivity index (χ0n) is 10.6. The Balaban J connectivity index is 2.63. The van der Waals surface area contributed by atoms with Crippen molar-refractivity contribution >= 4 is 5.97 Å². The van der Waals surface area contributed by atoms with Crippen LogP contribution in [0, 0.1) is 12.3 Å². The average molecular weight is 245 g/mol. The highest BCUT2D eigenvalue weighted by molar-refractivity contribution is 5.73. The summed E-state index contributed by atoms with van der Waals surface area (Å²) in [5.41, 5.74) is 2.08. The molecule has 3 nitrogen and oxygen atoms in total. The van der Waals surface area contributed by atoms with Crippen LogP contribution in [-0.2, 0) is 17.6 Å². The first kappa shape index (κ1) is 14.3. The SMILES string of the molecule is C#CCc1ccc(C[C@H](NCCC)C(=O)O)cc1. The Bertz CT molecular complexity index is 417. The molecule has 0 heterocycles. The number of hydrogen-bond acceptors (Lipinski definition) is 2. The smallest absolute Gasteiger partial charge is 0.321 e. The summed E-state index contributed by atoms with van der Waals surface area (Å²) in [5.74, 6) is 1.77. The van der Waals surface area contributed by atoms with Crippen LogP contribution >= 0.6 is 0 Å². The van der Waals surface area contributed by atoms with Gasteiger partial charge in [0.2, 0.25) is 0 Å². The molecule has 0 radical (unpaired) electrons. The van der Waals surface area contributed by atoms with E-state index in [9.17, 15) is 4.79 Å². The molecule has 0 aromatic heterocycles. The number of carboxylic acids is 1. The van der Waals surface area contributed by atoms with Crippen molar-refractivity contribution < 1.29 is 9.90 Å². The minimum absolute atomic E-state index is 0.492. The first-order valence-corrected chi connectivity index (χ1v) is 6.14. The van der Waals surface area contributed by atoms with Crippen LogP contribution in [0.4, 0.5) is 0 Å². The topological polar surface area (TPSA) is 49.3 Å². The highest BCUT2D eigenvalue weighted by Gasteiger charge is 2.16. The molecule has 0 fully saturated rings. The van der Waals surface area contributed by atoms with E-state index in [-0.39, 0.29) is 0 Å². The minimum atomic E-state index is -0.809. The zero-order chi connectivity index (χ0) is 13.4. The van der Waals surface area contributed by atoms with Crippen LogP contribution in [0.15, 0.2) is 24.3 Å². The third-order valence-electron chi connectivity index (χ3n) is 2.71. The summed E-state index contributed by atoms with van der Waals surface area (Å²) in [7, 11) is 0. The standard InChI is InChI=1S/C15H19NO2/c1-3-5-12-6-8-13(9-7-12)11-14(15(17)18)16-10-4-2/h1,6-9,14,16H,4-5,10-11H2,2H3,(H,17,18)/t14-/m0/s1. The molecule has 1 atom stereocenters. The van der Waals surface area contributed by atoms with E-state index in [1.165, 1.54) is 0 Å². The van der Waals surface area contributed by atoms with Crippen molar-refractivity contribution in [1.82, 2.24) is 5.32 Å². The second kappa shape index (κ2) is 7.52. The fraction of sp³-hybridized carbons (Fsp3) is 0.400. The van der Waals surface area contributed by atoms with Gasteiger partial charge in [-0.1, -0.05) is 31.2 Å². The normalized spacial score (nSPS) is 11.8. The summed E-state index contributed by atoms with van der Waals surface area (Å²) in [6.45, 7) is 2.73. The monoisotopic (exact) mass is 245 g/mol. The third-order valence-corrected chi connectivity index (χ3v) is 2.71. The van der Waals surface area contributed by atoms with Crippen LogP contribution in [0.5, 0.6) is 0 Å². The van der Waals surface area contributed by atoms with Crippen molar-refractivity contribution in [1.29, 1.82) is 0 Å². The molecule has 0 aliphatic rings. The van der Waals surface area contributed by atoms with Crippen LogP contribution in [0.1, 0.15) is 24.5 Å². The fourth-order valence-corrected chi connectivity index (χ4v) is 1.71. The van der Waals surface area contributed by atoms with E-state index in [0.717, 1.165) is 17.5 Å². The molecule has 1 aromatic carbocycles. The van der Waals surface area contributed by atoms with Crippen molar-refractivity contribution in [3.8, 4) is 12.3 Å². The molecule has 0 saturated heterocycles. The number of nitrogens with one attached hydrogen (secondary N) is 1. The molecule has 0 unspecified atom stereocenters. The maximum Gasteiger partial charge on any atom is 0.321 e. The van der Waals surface area contributed by atoms with E-state index in [0.29, 0.717) is 19.4 Å². The Morgan fingerprint density at radius 2 is 2.00 bits per heavy atom. The van der Waals surface area contributed by atoms with Gasteiger partial charge in [0.05, 0.1) is 0 Å². The number of carbonyl (C=O) groups is 1. The van der Waals surface area contributed by atoms with Crippen LogP contribution in [-0.4, -0.2) is 23.7 Å². The van der Waals surface area contributed by atoms with Crippen LogP contribution < -0.4 is 5.32 Å². The van der Waals surface area contributed by atoms with Crippen LogP contribution in [0.25, 0.3) is 0 Å². The van der Waals surface area contributed by atoms with Gasteiger partial charge in [-0.3, -0.25) is 4.79 Å². The largest absolute Gasteiger partial charge is 0.480 e. The van der Waals surface area contributed by atoms with Gasteiger partial charge in [-0.15, -0.1) is 12.3 Å². The number of rotatable bonds is 7. The van der Waals surface area contributed by atoms with Gasteiger partial charge in [-0.2, -0.15) is 0 Å². The van der Waals surface area contributed by atoms with E-state index in [1.807, 2.05) is 31.2 Å². The Kier molecular flexibility index (Phi) is 5.96. The van der Waals surface area contributed by atoms with Crippen molar-refractivity contribution in [2.24, 2.45) is 0 Å². The first-order valence-electron chi connectivity index (χ1n) is 6.14. The summed E-state index contributed by atoms with van der Waals surface area (Å²) in [5, 5.41) is 12.1. The lowest BCUT2D eigenvalue weighted by atomic mass is 10.0. The number of hydrogen-bond donors (Lipinski definition) is 2. The van der Waals surface area contributed by atoms with Gasteiger partial charge in [-0.05, 0) is 30.5 Å². The second-order valence-corrected chi connectivity index (χ2v) is 4.25. The fourth-order valence-electron chi connectivity index (χ4n) is 1.71. The van der Waals surface area contributed by atoms with Gasteiger partial charge in [0.1, 0.15) is 6.04 Å². The Hall–Kier alpha value is -1.79. The Labute approximate surface area is 108 Å². The van der Waals surface area contributed by atoms with E-state index in [4.69, 9.17) is 11.5 Å². The number of benzene rings is 1. The lowest BCUT2D eigenvalue weighted by Gasteiger charge is -2.14. The van der Waals surface area contributed by atoms with Crippen molar-refractivity contribution in [2.45, 2.75) is 32.2 Å². The maximum atomic E-state index is 11.1. The summed E-state index contributed by atoms with van der Waals surface area (Å²) >= 11 is 0. The highest BCUT2D eigenvalue weighted by Crippen LogP contribution is 2.08. The molecule has 18 heavy (non-hydrogen) atoms. The lowest BCUT2D eigenvalue weighted by molar-refractivity contribution is -0.139. The Morgan fingerprint density at radius 3 is 2.50 bits per heavy atom. The molecule has 96 valence electrons. The molecule has 0 bridgehead atoms. The zero-order valence-corrected chi connectivity index (χ0v) is 10.6. The van der Waals surface area contributed by atoms with Crippen LogP contribution in [0.3, 0.4) is 0 Å². The van der Waals surface area contributed by atoms with E-state index >= 15 is 0 Å². The molecular weight excluding hydrogens is 226 g/mol. The lowest BCUT2D eigenvalue weighted by Crippen LogP contribution is -2.38. The van der Waals surface area contributed by atoms with Gasteiger partial charge in [-0.25, -0.2) is 0 Å². The van der Waals surface area contributed by atoms with Gasteiger partial charge in [0.25, 0.3) is 0 Å². The molecule has 3 heteroatoms. The molecular formula is C15H19NO2. The molecule has 0 spiro atoms.